The van der Waals surface area contributed by atoms with Crippen molar-refractivity contribution < 1.29 is 19.6 Å². The summed E-state index contributed by atoms with van der Waals surface area (Å²) >= 11 is 0. The molecular weight excluding hydrogens is 346 g/mol. The first kappa shape index (κ1) is 20.8. The van der Waals surface area contributed by atoms with Gasteiger partial charge >= 0.3 is 5.97 Å². The summed E-state index contributed by atoms with van der Waals surface area (Å²) in [4.78, 5) is 33.1. The van der Waals surface area contributed by atoms with Crippen LogP contribution in [0.25, 0.3) is 6.08 Å². The molecule has 0 radical (unpaired) electrons. The lowest BCUT2D eigenvalue weighted by Crippen LogP contribution is -2.13. The topological polar surface area (TPSA) is 97.5 Å². The predicted octanol–water partition coefficient (Wildman–Crippen LogP) is 4.94. The normalized spacial score (nSPS) is 19.7. The van der Waals surface area contributed by atoms with E-state index in [1.54, 1.807) is 12.1 Å². The molecule has 2 rings (SSSR count). The number of nitro groups is 1. The minimum Gasteiger partial charge on any atom is -0.481 e. The molecule has 2 atom stereocenters. The molecule has 1 aromatic rings. The Bertz CT molecular complexity index is 725. The van der Waals surface area contributed by atoms with Gasteiger partial charge in [-0.05, 0) is 49.3 Å². The zero-order valence-electron chi connectivity index (χ0n) is 15.7. The van der Waals surface area contributed by atoms with E-state index in [-0.39, 0.29) is 23.9 Å². The molecule has 1 aliphatic carbocycles. The molecule has 6 nitrogen and oxygen atoms in total. The average Bonchev–Trinajstić information content (AvgIpc) is 2.96. The molecule has 1 aliphatic rings. The zero-order chi connectivity index (χ0) is 19.8. The molecule has 1 aromatic carbocycles. The highest BCUT2D eigenvalue weighted by Crippen LogP contribution is 2.34. The number of non-ortho nitro benzene ring substituents is 1. The summed E-state index contributed by atoms with van der Waals surface area (Å²) in [6.07, 6.45) is 10.0. The van der Waals surface area contributed by atoms with Gasteiger partial charge in [-0.1, -0.05) is 31.4 Å². The number of carboxylic acids is 1. The van der Waals surface area contributed by atoms with Gasteiger partial charge < -0.3 is 5.11 Å². The minimum absolute atomic E-state index is 0.0408. The second kappa shape index (κ2) is 10.00. The first-order valence-electron chi connectivity index (χ1n) is 9.56. The summed E-state index contributed by atoms with van der Waals surface area (Å²) in [7, 11) is 0. The fourth-order valence-corrected chi connectivity index (χ4v) is 3.72. The highest BCUT2D eigenvalue weighted by Gasteiger charge is 2.32. The number of nitro benzene ring substituents is 1. The van der Waals surface area contributed by atoms with Crippen molar-refractivity contribution in [3.63, 3.8) is 0 Å². The van der Waals surface area contributed by atoms with Crippen molar-refractivity contribution in [1.29, 1.82) is 0 Å². The molecule has 2 unspecified atom stereocenters. The molecule has 0 heterocycles. The SMILES string of the molecule is Cc1cc([N+](=O)[O-])ccc1/C=C/C1CCC(=O)C1CCCCCCC(=O)O. The molecule has 0 amide bonds. The Morgan fingerprint density at radius 1 is 1.30 bits per heavy atom. The average molecular weight is 373 g/mol. The summed E-state index contributed by atoms with van der Waals surface area (Å²) in [6, 6.07) is 4.81. The summed E-state index contributed by atoms with van der Waals surface area (Å²) in [6.45, 7) is 1.85. The van der Waals surface area contributed by atoms with Gasteiger partial charge in [0.25, 0.3) is 5.69 Å². The van der Waals surface area contributed by atoms with Gasteiger partial charge in [-0.15, -0.1) is 0 Å². The standard InChI is InChI=1S/C21H27NO5/c1-15-14-18(22(26)27)12-10-16(15)8-9-17-11-13-20(23)19(17)6-4-2-3-5-7-21(24)25/h8-10,12,14,17,19H,2-7,11,13H2,1H3,(H,24,25)/b9-8+. The minimum atomic E-state index is -0.757. The predicted molar refractivity (Wildman–Crippen MR) is 103 cm³/mol. The lowest BCUT2D eigenvalue weighted by atomic mass is 9.89. The number of allylic oxidation sites excluding steroid dienone is 1. The van der Waals surface area contributed by atoms with Crippen LogP contribution in [0.15, 0.2) is 24.3 Å². The number of carbonyl (C=O) groups excluding carboxylic acids is 1. The molecule has 146 valence electrons. The number of hydrogen-bond donors (Lipinski definition) is 1. The quantitative estimate of drug-likeness (QED) is 0.356. The Morgan fingerprint density at radius 2 is 2.04 bits per heavy atom. The molecule has 0 aromatic heterocycles. The molecule has 1 saturated carbocycles. The largest absolute Gasteiger partial charge is 0.481 e. The van der Waals surface area contributed by atoms with E-state index in [2.05, 4.69) is 6.08 Å². The van der Waals surface area contributed by atoms with E-state index in [0.717, 1.165) is 43.2 Å². The van der Waals surface area contributed by atoms with E-state index in [1.165, 1.54) is 6.07 Å². The summed E-state index contributed by atoms with van der Waals surface area (Å²) in [5.41, 5.74) is 1.87. The Morgan fingerprint density at radius 3 is 2.70 bits per heavy atom. The maximum Gasteiger partial charge on any atom is 0.303 e. The number of carbonyl (C=O) groups is 2. The smallest absolute Gasteiger partial charge is 0.303 e. The molecule has 6 heteroatoms. The highest BCUT2D eigenvalue weighted by atomic mass is 16.6. The Hall–Kier alpha value is -2.50. The fraction of sp³-hybridized carbons (Fsp3) is 0.524. The van der Waals surface area contributed by atoms with E-state index >= 15 is 0 Å². The summed E-state index contributed by atoms with van der Waals surface area (Å²) in [5.74, 6) is -0.187. The van der Waals surface area contributed by atoms with Crippen LogP contribution in [0.5, 0.6) is 0 Å². The monoisotopic (exact) mass is 373 g/mol. The number of nitrogens with zero attached hydrogens (tertiary/aromatic N) is 1. The number of hydrogen-bond acceptors (Lipinski definition) is 4. The number of ketones is 1. The Balaban J connectivity index is 1.89. The van der Waals surface area contributed by atoms with Crippen molar-refractivity contribution in [2.75, 3.05) is 0 Å². The van der Waals surface area contributed by atoms with Gasteiger partial charge in [0.15, 0.2) is 0 Å². The van der Waals surface area contributed by atoms with Gasteiger partial charge in [0.1, 0.15) is 5.78 Å². The van der Waals surface area contributed by atoms with Crippen molar-refractivity contribution in [2.45, 2.75) is 58.3 Å². The number of aliphatic carboxylic acids is 1. The molecular formula is C21H27NO5. The van der Waals surface area contributed by atoms with Crippen LogP contribution in [0.4, 0.5) is 5.69 Å². The van der Waals surface area contributed by atoms with Crippen molar-refractivity contribution in [1.82, 2.24) is 0 Å². The van der Waals surface area contributed by atoms with Crippen molar-refractivity contribution in [3.8, 4) is 0 Å². The summed E-state index contributed by atoms with van der Waals surface area (Å²) < 4.78 is 0. The van der Waals surface area contributed by atoms with Crippen LogP contribution in [0.2, 0.25) is 0 Å². The van der Waals surface area contributed by atoms with Crippen molar-refractivity contribution in [3.05, 3.63) is 45.5 Å². The summed E-state index contributed by atoms with van der Waals surface area (Å²) in [5, 5.41) is 19.5. The highest BCUT2D eigenvalue weighted by molar-refractivity contribution is 5.84. The van der Waals surface area contributed by atoms with E-state index in [9.17, 15) is 19.7 Å². The van der Waals surface area contributed by atoms with Crippen LogP contribution < -0.4 is 0 Å². The van der Waals surface area contributed by atoms with Crippen molar-refractivity contribution in [2.24, 2.45) is 11.8 Å². The number of aryl methyl sites for hydroxylation is 1. The lowest BCUT2D eigenvalue weighted by molar-refractivity contribution is -0.384. The number of unbranched alkanes of at least 4 members (excludes halogenated alkanes) is 3. The maximum atomic E-state index is 12.2. The number of benzene rings is 1. The first-order chi connectivity index (χ1) is 12.9. The Labute approximate surface area is 159 Å². The van der Waals surface area contributed by atoms with Gasteiger partial charge in [-0.25, -0.2) is 0 Å². The molecule has 0 spiro atoms. The van der Waals surface area contributed by atoms with Crippen LogP contribution in [0, 0.1) is 28.9 Å². The molecule has 27 heavy (non-hydrogen) atoms. The zero-order valence-corrected chi connectivity index (χ0v) is 15.7. The van der Waals surface area contributed by atoms with E-state index in [1.807, 2.05) is 13.0 Å². The van der Waals surface area contributed by atoms with Gasteiger partial charge in [0.2, 0.25) is 0 Å². The number of Topliss-reactive ketones (excluding diaryl/α,β-unsaturated/α-hetero) is 1. The first-order valence-corrected chi connectivity index (χ1v) is 9.56. The number of carboxylic acid groups (broad SMARTS) is 1. The third-order valence-corrected chi connectivity index (χ3v) is 5.30. The van der Waals surface area contributed by atoms with Crippen LogP contribution in [0.1, 0.15) is 62.5 Å². The molecule has 0 aliphatic heterocycles. The fourth-order valence-electron chi connectivity index (χ4n) is 3.72. The lowest BCUT2D eigenvalue weighted by Gasteiger charge is -2.15. The molecule has 0 bridgehead atoms. The van der Waals surface area contributed by atoms with E-state index < -0.39 is 10.9 Å². The van der Waals surface area contributed by atoms with Gasteiger partial charge in [0, 0.05) is 30.9 Å². The Kier molecular flexibility index (Phi) is 7.70. The van der Waals surface area contributed by atoms with Crippen LogP contribution in [-0.4, -0.2) is 21.8 Å². The van der Waals surface area contributed by atoms with Gasteiger partial charge in [-0.3, -0.25) is 19.7 Å². The van der Waals surface area contributed by atoms with Gasteiger partial charge in [-0.2, -0.15) is 0 Å². The second-order valence-electron chi connectivity index (χ2n) is 7.28. The third-order valence-electron chi connectivity index (χ3n) is 5.30. The number of rotatable bonds is 10. The maximum absolute atomic E-state index is 12.2. The van der Waals surface area contributed by atoms with Crippen molar-refractivity contribution >= 4 is 23.5 Å². The van der Waals surface area contributed by atoms with E-state index in [4.69, 9.17) is 5.11 Å². The molecule has 1 N–H and O–H groups in total. The third kappa shape index (κ3) is 6.31. The van der Waals surface area contributed by atoms with Crippen LogP contribution in [-0.2, 0) is 9.59 Å². The van der Waals surface area contributed by atoms with Crippen LogP contribution in [0.3, 0.4) is 0 Å². The van der Waals surface area contributed by atoms with Crippen LogP contribution >= 0.6 is 0 Å². The van der Waals surface area contributed by atoms with Gasteiger partial charge in [0.05, 0.1) is 4.92 Å². The second-order valence-corrected chi connectivity index (χ2v) is 7.28. The van der Waals surface area contributed by atoms with E-state index in [0.29, 0.717) is 18.6 Å². The molecule has 1 fully saturated rings. The molecule has 0 saturated heterocycles.